The predicted octanol–water partition coefficient (Wildman–Crippen LogP) is 3.99. The third-order valence-corrected chi connectivity index (χ3v) is 3.98. The molecule has 14 heavy (non-hydrogen) atoms. The van der Waals surface area contributed by atoms with Crippen molar-refractivity contribution in [1.82, 2.24) is 0 Å². The Morgan fingerprint density at radius 1 is 1.57 bits per heavy atom. The van der Waals surface area contributed by atoms with Gasteiger partial charge < -0.3 is 4.74 Å². The van der Waals surface area contributed by atoms with Crippen molar-refractivity contribution in [3.05, 3.63) is 20.8 Å². The van der Waals surface area contributed by atoms with Crippen LogP contribution in [-0.4, -0.2) is 10.8 Å². The number of hydrogen-bond acceptors (Lipinski definition) is 2. The van der Waals surface area contributed by atoms with Crippen molar-refractivity contribution in [3.63, 3.8) is 0 Å². The first kappa shape index (κ1) is 12.5. The maximum absolute atomic E-state index is 11.5. The van der Waals surface area contributed by atoms with Gasteiger partial charge in [0.1, 0.15) is 0 Å². The first-order valence-electron chi connectivity index (χ1n) is 4.18. The van der Waals surface area contributed by atoms with Gasteiger partial charge in [-0.1, -0.05) is 45.2 Å². The number of alkyl halides is 1. The lowest BCUT2D eigenvalue weighted by molar-refractivity contribution is -0.133. The Kier molecular flexibility index (Phi) is 4.87. The number of rotatable bonds is 3. The van der Waals surface area contributed by atoms with E-state index in [0.29, 0.717) is 11.3 Å². The highest BCUT2D eigenvalue weighted by atomic mass is 79.9. The first-order chi connectivity index (χ1) is 6.61. The number of halogens is 3. The molecule has 5 heteroatoms. The maximum Gasteiger partial charge on any atom is 0.341 e. The lowest BCUT2D eigenvalue weighted by atomic mass is 10.1. The first-order valence-corrected chi connectivity index (χ1v) is 6.80. The van der Waals surface area contributed by atoms with E-state index in [9.17, 15) is 4.79 Å². The summed E-state index contributed by atoms with van der Waals surface area (Å²) >= 11 is 9.96. The number of cyclic esters (lactones) is 1. The Hall–Kier alpha value is 0.390. The van der Waals surface area contributed by atoms with Gasteiger partial charge in [-0.3, -0.25) is 0 Å². The van der Waals surface area contributed by atoms with E-state index in [2.05, 4.69) is 54.7 Å². The average Bonchev–Trinajstić information content (AvgIpc) is 2.41. The van der Waals surface area contributed by atoms with E-state index in [1.807, 2.05) is 0 Å². The van der Waals surface area contributed by atoms with Crippen molar-refractivity contribution in [2.24, 2.45) is 0 Å². The molecule has 78 valence electrons. The van der Waals surface area contributed by atoms with Crippen LogP contribution in [0.4, 0.5) is 0 Å². The molecule has 0 spiro atoms. The van der Waals surface area contributed by atoms with Crippen LogP contribution in [0.5, 0.6) is 0 Å². The Balaban J connectivity index is 2.95. The molecule has 0 N–H and O–H groups in total. The van der Waals surface area contributed by atoms with Crippen LogP contribution in [-0.2, 0) is 9.53 Å². The fraction of sp³-hybridized carbons (Fsp3) is 0.444. The molecule has 0 aromatic carbocycles. The molecule has 1 aliphatic rings. The van der Waals surface area contributed by atoms with Gasteiger partial charge in [0.2, 0.25) is 0 Å². The van der Waals surface area contributed by atoms with Gasteiger partial charge in [0.15, 0.2) is 5.76 Å². The minimum atomic E-state index is -0.280. The number of ether oxygens (including phenoxy) is 1. The molecule has 0 bridgehead atoms. The Bertz CT molecular complexity index is 307. The Labute approximate surface area is 108 Å². The minimum Gasteiger partial charge on any atom is -0.421 e. The molecule has 0 aliphatic carbocycles. The molecule has 1 atom stereocenters. The van der Waals surface area contributed by atoms with Crippen LogP contribution in [0.25, 0.3) is 0 Å². The second-order valence-corrected chi connectivity index (χ2v) is 5.20. The summed E-state index contributed by atoms with van der Waals surface area (Å²) in [6.07, 6.45) is 1.93. The Morgan fingerprint density at radius 3 is 2.64 bits per heavy atom. The number of carbonyl (C=O) groups excluding carboxylic acids is 1. The molecule has 0 radical (unpaired) electrons. The summed E-state index contributed by atoms with van der Waals surface area (Å²) in [5, 5.41) is 0. The summed E-state index contributed by atoms with van der Waals surface area (Å²) in [7, 11) is 0. The highest BCUT2D eigenvalue weighted by Crippen LogP contribution is 2.36. The van der Waals surface area contributed by atoms with Crippen molar-refractivity contribution in [2.75, 3.05) is 0 Å². The third-order valence-electron chi connectivity index (χ3n) is 1.83. The van der Waals surface area contributed by atoms with Gasteiger partial charge in [0.05, 0.1) is 10.1 Å². The number of hydrogen-bond donors (Lipinski definition) is 0. The van der Waals surface area contributed by atoms with E-state index in [0.717, 1.165) is 17.3 Å². The molecule has 1 aliphatic heterocycles. The lowest BCUT2D eigenvalue weighted by Crippen LogP contribution is -2.10. The highest BCUT2D eigenvalue weighted by Gasteiger charge is 2.32. The van der Waals surface area contributed by atoms with Crippen molar-refractivity contribution < 1.29 is 9.53 Å². The molecule has 0 saturated carbocycles. The summed E-state index contributed by atoms with van der Waals surface area (Å²) in [5.41, 5.74) is 0.664. The second kappa shape index (κ2) is 5.47. The fourth-order valence-corrected chi connectivity index (χ4v) is 3.60. The predicted molar refractivity (Wildman–Crippen MR) is 66.7 cm³/mol. The van der Waals surface area contributed by atoms with Gasteiger partial charge in [-0.05, 0) is 22.4 Å². The summed E-state index contributed by atoms with van der Waals surface area (Å²) < 4.78 is 5.76. The molecular formula is C9H9Br3O2. The molecular weight excluding hydrogens is 380 g/mol. The largest absolute Gasteiger partial charge is 0.421 e. The van der Waals surface area contributed by atoms with Crippen LogP contribution in [0.15, 0.2) is 20.8 Å². The van der Waals surface area contributed by atoms with E-state index in [1.165, 1.54) is 0 Å². The lowest BCUT2D eigenvalue weighted by Gasteiger charge is -2.06. The highest BCUT2D eigenvalue weighted by molar-refractivity contribution is 9.12. The van der Waals surface area contributed by atoms with Crippen molar-refractivity contribution >= 4 is 53.8 Å². The molecule has 1 unspecified atom stereocenters. The molecule has 0 fully saturated rings. The van der Waals surface area contributed by atoms with Crippen LogP contribution >= 0.6 is 47.8 Å². The summed E-state index contributed by atoms with van der Waals surface area (Å²) in [5.74, 6) is 0.253. The molecule has 0 aromatic heterocycles. The summed E-state index contributed by atoms with van der Waals surface area (Å²) in [6.45, 7) is 2.07. The van der Waals surface area contributed by atoms with Crippen molar-refractivity contribution in [1.29, 1.82) is 0 Å². The molecule has 0 aromatic rings. The van der Waals surface area contributed by atoms with E-state index < -0.39 is 0 Å². The molecule has 1 heterocycles. The summed E-state index contributed by atoms with van der Waals surface area (Å²) in [4.78, 5) is 13.1. The van der Waals surface area contributed by atoms with E-state index in [-0.39, 0.29) is 10.8 Å². The molecule has 0 saturated heterocycles. The van der Waals surface area contributed by atoms with Gasteiger partial charge >= 0.3 is 5.97 Å². The van der Waals surface area contributed by atoms with Gasteiger partial charge in [-0.15, -0.1) is 0 Å². The van der Waals surface area contributed by atoms with Crippen molar-refractivity contribution in [3.8, 4) is 0 Å². The SMILES string of the molecule is CCCC(Br)C1=C(Br)/C(=C/Br)OC1=O. The zero-order chi connectivity index (χ0) is 10.7. The van der Waals surface area contributed by atoms with Crippen molar-refractivity contribution in [2.45, 2.75) is 24.6 Å². The minimum absolute atomic E-state index is 0.0549. The Morgan fingerprint density at radius 2 is 2.21 bits per heavy atom. The molecule has 0 amide bonds. The zero-order valence-corrected chi connectivity index (χ0v) is 12.3. The number of esters is 1. The van der Waals surface area contributed by atoms with Crippen LogP contribution in [0.1, 0.15) is 19.8 Å². The van der Waals surface area contributed by atoms with E-state index >= 15 is 0 Å². The summed E-state index contributed by atoms with van der Waals surface area (Å²) in [6, 6.07) is 0. The number of allylic oxidation sites excluding steroid dienone is 1. The van der Waals surface area contributed by atoms with Crippen LogP contribution in [0, 0.1) is 0 Å². The normalized spacial score (nSPS) is 21.7. The smallest absolute Gasteiger partial charge is 0.341 e. The van der Waals surface area contributed by atoms with E-state index in [4.69, 9.17) is 4.74 Å². The standard InChI is InChI=1S/C9H9Br3O2/c1-2-3-5(11)7-8(12)6(4-10)14-9(7)13/h4-5H,2-3H2,1H3/b6-4-. The van der Waals surface area contributed by atoms with Gasteiger partial charge in [-0.25, -0.2) is 4.79 Å². The van der Waals surface area contributed by atoms with Gasteiger partial charge in [0, 0.05) is 9.81 Å². The van der Waals surface area contributed by atoms with Crippen LogP contribution in [0.3, 0.4) is 0 Å². The van der Waals surface area contributed by atoms with Crippen LogP contribution in [0.2, 0.25) is 0 Å². The monoisotopic (exact) mass is 386 g/mol. The van der Waals surface area contributed by atoms with Gasteiger partial charge in [-0.2, -0.15) is 0 Å². The quantitative estimate of drug-likeness (QED) is 0.539. The second-order valence-electron chi connectivity index (χ2n) is 2.85. The van der Waals surface area contributed by atoms with Crippen LogP contribution < -0.4 is 0 Å². The molecule has 2 nitrogen and oxygen atoms in total. The van der Waals surface area contributed by atoms with E-state index in [1.54, 1.807) is 4.99 Å². The number of carbonyl (C=O) groups is 1. The third kappa shape index (κ3) is 2.49. The van der Waals surface area contributed by atoms with Gasteiger partial charge in [0.25, 0.3) is 0 Å². The topological polar surface area (TPSA) is 26.3 Å². The molecule has 1 rings (SSSR count). The maximum atomic E-state index is 11.5. The fourth-order valence-electron chi connectivity index (χ4n) is 1.16. The average molecular weight is 389 g/mol. The zero-order valence-electron chi connectivity index (χ0n) is 7.52.